The lowest BCUT2D eigenvalue weighted by Crippen LogP contribution is -2.24. The van der Waals surface area contributed by atoms with E-state index >= 15 is 0 Å². The van der Waals surface area contributed by atoms with Gasteiger partial charge in [0.15, 0.2) is 6.20 Å². The molecule has 1 aromatic rings. The van der Waals surface area contributed by atoms with Gasteiger partial charge in [0.05, 0.1) is 0 Å². The highest BCUT2D eigenvalue weighted by atomic mass is 32.1. The van der Waals surface area contributed by atoms with Crippen LogP contribution in [-0.4, -0.2) is 22.7 Å². The van der Waals surface area contributed by atoms with Gasteiger partial charge >= 0.3 is 0 Å². The summed E-state index contributed by atoms with van der Waals surface area (Å²) >= 11 is 1.44. The summed E-state index contributed by atoms with van der Waals surface area (Å²) in [6, 6.07) is 0. The predicted octanol–water partition coefficient (Wildman–Crippen LogP) is 2.74. The minimum atomic E-state index is 1.09. The molecule has 0 saturated heterocycles. The third-order valence-electron chi connectivity index (χ3n) is 2.16. The molecule has 0 bridgehead atoms. The van der Waals surface area contributed by atoms with Crippen LogP contribution in [-0.2, 0) is 0 Å². The van der Waals surface area contributed by atoms with E-state index in [0.29, 0.717) is 0 Å². The highest BCUT2D eigenvalue weighted by Crippen LogP contribution is 2.17. The Labute approximate surface area is 90.3 Å². The number of hydrogen-bond donors (Lipinski definition) is 0. The average molecular weight is 212 g/mol. The third kappa shape index (κ3) is 3.62. The van der Waals surface area contributed by atoms with Crippen LogP contribution in [0.25, 0.3) is 0 Å². The van der Waals surface area contributed by atoms with E-state index in [1.165, 1.54) is 37.2 Å². The zero-order valence-electron chi connectivity index (χ0n) is 8.99. The minimum absolute atomic E-state index is 1.09. The van der Waals surface area contributed by atoms with Gasteiger partial charge in [-0.1, -0.05) is 31.2 Å². The zero-order chi connectivity index (χ0) is 10.2. The van der Waals surface area contributed by atoms with Crippen molar-refractivity contribution in [2.75, 3.05) is 18.0 Å². The number of aromatic nitrogens is 2. The van der Waals surface area contributed by atoms with Crippen molar-refractivity contribution in [1.29, 1.82) is 0 Å². The van der Waals surface area contributed by atoms with Crippen molar-refractivity contribution in [3.05, 3.63) is 6.20 Å². The van der Waals surface area contributed by atoms with Gasteiger partial charge in [0.2, 0.25) is 0 Å². The maximum absolute atomic E-state index is 3.85. The van der Waals surface area contributed by atoms with Crippen molar-refractivity contribution < 1.29 is 0 Å². The molecule has 4 heteroatoms. The van der Waals surface area contributed by atoms with Crippen LogP contribution in [0.4, 0.5) is 5.00 Å². The van der Waals surface area contributed by atoms with E-state index in [0.717, 1.165) is 18.1 Å². The van der Waals surface area contributed by atoms with Gasteiger partial charge in [-0.05, 0) is 12.8 Å². The Hall–Kier alpha value is -0.640. The van der Waals surface area contributed by atoms with Crippen LogP contribution in [0.15, 0.2) is 0 Å². The molecule has 0 aliphatic heterocycles. The lowest BCUT2D eigenvalue weighted by Gasteiger charge is -2.21. The van der Waals surface area contributed by atoms with Gasteiger partial charge in [-0.25, -0.2) is 0 Å². The quantitative estimate of drug-likeness (QED) is 0.696. The standard InChI is InChI=1S/C10H18N3S/c1-3-5-7-13(8-6-4-2)10-9-11-12-14-10/h3-8H2,1-2H3. The molecule has 0 unspecified atom stereocenters. The summed E-state index contributed by atoms with van der Waals surface area (Å²) in [5.74, 6) is 0. The Morgan fingerprint density at radius 1 is 1.21 bits per heavy atom. The first-order valence-electron chi connectivity index (χ1n) is 5.33. The number of rotatable bonds is 7. The monoisotopic (exact) mass is 212 g/mol. The molecule has 79 valence electrons. The van der Waals surface area contributed by atoms with Crippen molar-refractivity contribution in [1.82, 2.24) is 9.59 Å². The van der Waals surface area contributed by atoms with Crippen molar-refractivity contribution in [2.24, 2.45) is 0 Å². The molecule has 0 amide bonds. The summed E-state index contributed by atoms with van der Waals surface area (Å²) in [5.41, 5.74) is 0. The van der Waals surface area contributed by atoms with Gasteiger partial charge in [-0.15, -0.1) is 5.10 Å². The first-order valence-corrected chi connectivity index (χ1v) is 6.10. The summed E-state index contributed by atoms with van der Waals surface area (Å²) in [7, 11) is 0. The number of nitrogens with zero attached hydrogens (tertiary/aromatic N) is 3. The molecule has 14 heavy (non-hydrogen) atoms. The lowest BCUT2D eigenvalue weighted by molar-refractivity contribution is 0.681. The normalized spacial score (nSPS) is 10.4. The minimum Gasteiger partial charge on any atom is -0.360 e. The third-order valence-corrected chi connectivity index (χ3v) is 2.85. The van der Waals surface area contributed by atoms with Crippen LogP contribution < -0.4 is 4.90 Å². The second-order valence-electron chi connectivity index (χ2n) is 3.38. The van der Waals surface area contributed by atoms with Gasteiger partial charge in [-0.3, -0.25) is 0 Å². The first-order chi connectivity index (χ1) is 6.88. The van der Waals surface area contributed by atoms with Crippen molar-refractivity contribution in [2.45, 2.75) is 39.5 Å². The topological polar surface area (TPSA) is 29.0 Å². The molecule has 0 spiro atoms. The molecule has 0 atom stereocenters. The van der Waals surface area contributed by atoms with Crippen LogP contribution in [0.5, 0.6) is 0 Å². The van der Waals surface area contributed by atoms with Crippen molar-refractivity contribution in [3.63, 3.8) is 0 Å². The van der Waals surface area contributed by atoms with Crippen LogP contribution in [0.1, 0.15) is 39.5 Å². The maximum Gasteiger partial charge on any atom is 0.153 e. The first kappa shape index (κ1) is 11.4. The average Bonchev–Trinajstić information content (AvgIpc) is 2.71. The van der Waals surface area contributed by atoms with Crippen LogP contribution in [0.3, 0.4) is 0 Å². The van der Waals surface area contributed by atoms with E-state index in [-0.39, 0.29) is 0 Å². The Kier molecular flexibility index (Phi) is 5.52. The Balaban J connectivity index is 2.44. The van der Waals surface area contributed by atoms with Crippen molar-refractivity contribution >= 4 is 16.5 Å². The predicted molar refractivity (Wildman–Crippen MR) is 60.8 cm³/mol. The smallest absolute Gasteiger partial charge is 0.153 e. The van der Waals surface area contributed by atoms with Gasteiger partial charge in [-0.2, -0.15) is 0 Å². The highest BCUT2D eigenvalue weighted by molar-refractivity contribution is 7.09. The number of hydrogen-bond acceptors (Lipinski definition) is 4. The molecule has 0 saturated carbocycles. The fourth-order valence-corrected chi connectivity index (χ4v) is 1.82. The molecule has 1 rings (SSSR count). The van der Waals surface area contributed by atoms with Gasteiger partial charge < -0.3 is 4.90 Å². The van der Waals surface area contributed by atoms with E-state index < -0.39 is 0 Å². The fourth-order valence-electron chi connectivity index (χ4n) is 1.28. The van der Waals surface area contributed by atoms with Crippen molar-refractivity contribution in [3.8, 4) is 0 Å². The maximum atomic E-state index is 3.85. The molecule has 1 heterocycles. The Morgan fingerprint density at radius 3 is 2.29 bits per heavy atom. The van der Waals surface area contributed by atoms with E-state index in [1.807, 2.05) is 0 Å². The molecular weight excluding hydrogens is 194 g/mol. The van der Waals surface area contributed by atoms with Gasteiger partial charge in [0.1, 0.15) is 5.00 Å². The molecule has 1 radical (unpaired) electrons. The molecule has 0 fully saturated rings. The molecule has 0 aliphatic carbocycles. The van der Waals surface area contributed by atoms with Crippen LogP contribution in [0, 0.1) is 6.20 Å². The molecule has 1 aromatic heterocycles. The summed E-state index contributed by atoms with van der Waals surface area (Å²) in [6.45, 7) is 6.65. The summed E-state index contributed by atoms with van der Waals surface area (Å²) in [5, 5.41) is 4.85. The molecule has 3 nitrogen and oxygen atoms in total. The zero-order valence-corrected chi connectivity index (χ0v) is 9.81. The van der Waals surface area contributed by atoms with Gasteiger partial charge in [0, 0.05) is 24.6 Å². The molecule has 0 aromatic carbocycles. The molecule has 0 aliphatic rings. The van der Waals surface area contributed by atoms with E-state index in [4.69, 9.17) is 0 Å². The molecular formula is C10H18N3S. The second-order valence-corrected chi connectivity index (χ2v) is 4.12. The fraction of sp³-hybridized carbons (Fsp3) is 0.800. The summed E-state index contributed by atoms with van der Waals surface area (Å²) in [4.78, 5) is 2.34. The molecule has 0 N–H and O–H groups in total. The highest BCUT2D eigenvalue weighted by Gasteiger charge is 2.07. The summed E-state index contributed by atoms with van der Waals surface area (Å²) < 4.78 is 3.85. The number of anilines is 1. The van der Waals surface area contributed by atoms with Gasteiger partial charge in [0.25, 0.3) is 0 Å². The largest absolute Gasteiger partial charge is 0.360 e. The second kappa shape index (κ2) is 6.76. The summed E-state index contributed by atoms with van der Waals surface area (Å²) in [6.07, 6.45) is 7.86. The lowest BCUT2D eigenvalue weighted by atomic mass is 10.3. The van der Waals surface area contributed by atoms with E-state index in [2.05, 4.69) is 34.5 Å². The van der Waals surface area contributed by atoms with E-state index in [1.54, 1.807) is 0 Å². The Morgan fingerprint density at radius 2 is 1.86 bits per heavy atom. The number of unbranched alkanes of at least 4 members (excludes halogenated alkanes) is 2. The van der Waals surface area contributed by atoms with Crippen LogP contribution >= 0.6 is 11.5 Å². The SMILES string of the molecule is CCCCN(CCCC)c1[c]nns1. The Bertz CT molecular complexity index is 215. The van der Waals surface area contributed by atoms with E-state index in [9.17, 15) is 0 Å². The van der Waals surface area contributed by atoms with Crippen LogP contribution in [0.2, 0.25) is 0 Å².